The maximum absolute atomic E-state index is 10.9. The van der Waals surface area contributed by atoms with Gasteiger partial charge in [0.1, 0.15) is 11.4 Å². The molecule has 0 radical (unpaired) electrons. The minimum Gasteiger partial charge on any atom is -0.259 e. The molecule has 0 fully saturated rings. The first-order valence-corrected chi connectivity index (χ1v) is 5.99. The monoisotopic (exact) mass is 257 g/mol. The van der Waals surface area contributed by atoms with E-state index in [1.807, 2.05) is 42.5 Å². The number of aryl methyl sites for hydroxylation is 1. The molecule has 5 heteroatoms. The fourth-order valence-electron chi connectivity index (χ4n) is 1.98. The molecule has 0 aliphatic carbocycles. The van der Waals surface area contributed by atoms with Gasteiger partial charge in [-0.15, -0.1) is 0 Å². The first-order chi connectivity index (χ1) is 9.09. The minimum absolute atomic E-state index is 0.105. The van der Waals surface area contributed by atoms with Gasteiger partial charge in [0.2, 0.25) is 0 Å². The van der Waals surface area contributed by atoms with Crippen LogP contribution in [0, 0.1) is 24.0 Å². The lowest BCUT2D eigenvalue weighted by Gasteiger charge is -1.98. The Bertz CT molecular complexity index is 615. The van der Waals surface area contributed by atoms with Gasteiger partial charge in [-0.3, -0.25) is 14.8 Å². The van der Waals surface area contributed by atoms with Crippen LogP contribution < -0.4 is 0 Å². The number of benzene rings is 1. The van der Waals surface area contributed by atoms with Crippen molar-refractivity contribution in [3.63, 3.8) is 0 Å². The van der Waals surface area contributed by atoms with Crippen molar-refractivity contribution in [2.24, 2.45) is 0 Å². The van der Waals surface area contributed by atoms with Crippen molar-refractivity contribution in [1.82, 2.24) is 9.78 Å². The Morgan fingerprint density at radius 2 is 2.00 bits per heavy atom. The first kappa shape index (κ1) is 13.0. The molecule has 1 aromatic heterocycles. The van der Waals surface area contributed by atoms with Gasteiger partial charge in [0, 0.05) is 0 Å². The van der Waals surface area contributed by atoms with Crippen LogP contribution in [0.2, 0.25) is 0 Å². The van der Waals surface area contributed by atoms with Crippen molar-refractivity contribution in [3.05, 3.63) is 63.5 Å². The van der Waals surface area contributed by atoms with E-state index in [2.05, 4.69) is 5.10 Å². The predicted octanol–water partition coefficient (Wildman–Crippen LogP) is 3.12. The molecule has 98 valence electrons. The summed E-state index contributed by atoms with van der Waals surface area (Å²) in [5.74, 6) is 0. The zero-order valence-corrected chi connectivity index (χ0v) is 10.9. The Hall–Kier alpha value is -2.43. The fourth-order valence-corrected chi connectivity index (χ4v) is 1.98. The van der Waals surface area contributed by atoms with E-state index in [-0.39, 0.29) is 10.6 Å². The van der Waals surface area contributed by atoms with E-state index in [9.17, 15) is 10.1 Å². The van der Waals surface area contributed by atoms with Gasteiger partial charge in [-0.25, -0.2) is 0 Å². The molecule has 19 heavy (non-hydrogen) atoms. The maximum Gasteiger partial charge on any atom is 0.312 e. The lowest BCUT2D eigenvalue weighted by Crippen LogP contribution is -2.00. The molecule has 0 bridgehead atoms. The van der Waals surface area contributed by atoms with E-state index in [0.717, 1.165) is 5.56 Å². The maximum atomic E-state index is 10.9. The number of allylic oxidation sites excluding steroid dienone is 1. The summed E-state index contributed by atoms with van der Waals surface area (Å²) in [6.07, 6.45) is 3.92. The van der Waals surface area contributed by atoms with E-state index in [1.54, 1.807) is 18.5 Å². The minimum atomic E-state index is -0.380. The highest BCUT2D eigenvalue weighted by atomic mass is 16.6. The van der Waals surface area contributed by atoms with Gasteiger partial charge in [0.05, 0.1) is 11.5 Å². The molecule has 0 aliphatic rings. The zero-order chi connectivity index (χ0) is 13.8. The smallest absolute Gasteiger partial charge is 0.259 e. The third-order valence-electron chi connectivity index (χ3n) is 2.91. The summed E-state index contributed by atoms with van der Waals surface area (Å²) in [5.41, 5.74) is 2.24. The van der Waals surface area contributed by atoms with Crippen molar-refractivity contribution in [3.8, 4) is 0 Å². The van der Waals surface area contributed by atoms with Crippen LogP contribution in [0.5, 0.6) is 0 Å². The third kappa shape index (κ3) is 2.88. The lowest BCUT2D eigenvalue weighted by molar-refractivity contribution is -0.386. The third-order valence-corrected chi connectivity index (χ3v) is 2.91. The molecular weight excluding hydrogens is 242 g/mol. The SMILES string of the molecule is Cc1nn(C/C=C/c2ccccc2)c(C)c1[N+](=O)[O-]. The van der Waals surface area contributed by atoms with Crippen molar-refractivity contribution in [1.29, 1.82) is 0 Å². The van der Waals surface area contributed by atoms with Gasteiger partial charge in [0.25, 0.3) is 0 Å². The molecule has 0 saturated heterocycles. The van der Waals surface area contributed by atoms with Crippen LogP contribution in [0.1, 0.15) is 17.0 Å². The second-order valence-electron chi connectivity index (χ2n) is 4.27. The summed E-state index contributed by atoms with van der Waals surface area (Å²) in [6, 6.07) is 9.89. The van der Waals surface area contributed by atoms with Crippen LogP contribution in [-0.2, 0) is 6.54 Å². The number of aromatic nitrogens is 2. The van der Waals surface area contributed by atoms with E-state index >= 15 is 0 Å². The number of hydrogen-bond donors (Lipinski definition) is 0. The summed E-state index contributed by atoms with van der Waals surface area (Å²) in [6.45, 7) is 3.90. The second kappa shape index (κ2) is 5.48. The number of rotatable bonds is 4. The van der Waals surface area contributed by atoms with Gasteiger partial charge in [-0.1, -0.05) is 42.5 Å². The van der Waals surface area contributed by atoms with Crippen LogP contribution in [0.25, 0.3) is 6.08 Å². The highest BCUT2D eigenvalue weighted by Crippen LogP contribution is 2.21. The van der Waals surface area contributed by atoms with Crippen molar-refractivity contribution in [2.75, 3.05) is 0 Å². The summed E-state index contributed by atoms with van der Waals surface area (Å²) >= 11 is 0. The normalized spacial score (nSPS) is 11.1. The Balaban J connectivity index is 2.15. The predicted molar refractivity (Wildman–Crippen MR) is 73.8 cm³/mol. The van der Waals surface area contributed by atoms with Gasteiger partial charge >= 0.3 is 5.69 Å². The first-order valence-electron chi connectivity index (χ1n) is 5.99. The van der Waals surface area contributed by atoms with E-state index in [0.29, 0.717) is 17.9 Å². The van der Waals surface area contributed by atoms with Crippen LogP contribution in [0.4, 0.5) is 5.69 Å². The van der Waals surface area contributed by atoms with Gasteiger partial charge in [0.15, 0.2) is 0 Å². The molecule has 2 aromatic rings. The van der Waals surface area contributed by atoms with Crippen molar-refractivity contribution >= 4 is 11.8 Å². The zero-order valence-electron chi connectivity index (χ0n) is 10.9. The van der Waals surface area contributed by atoms with Gasteiger partial charge in [-0.2, -0.15) is 5.10 Å². The van der Waals surface area contributed by atoms with Crippen molar-refractivity contribution in [2.45, 2.75) is 20.4 Å². The molecule has 0 amide bonds. The van der Waals surface area contributed by atoms with E-state index in [1.165, 1.54) is 0 Å². The molecule has 2 rings (SSSR count). The largest absolute Gasteiger partial charge is 0.312 e. The molecule has 1 aromatic carbocycles. The van der Waals surface area contributed by atoms with Gasteiger partial charge in [-0.05, 0) is 19.4 Å². The molecule has 0 spiro atoms. The average Bonchev–Trinajstić information content (AvgIpc) is 2.66. The molecule has 1 heterocycles. The van der Waals surface area contributed by atoms with Crippen molar-refractivity contribution < 1.29 is 4.92 Å². The standard InChI is InChI=1S/C14H15N3O2/c1-11-14(17(18)19)12(2)16(15-11)10-6-9-13-7-4-3-5-8-13/h3-9H,10H2,1-2H3/b9-6+. The van der Waals surface area contributed by atoms with Crippen LogP contribution in [0.3, 0.4) is 0 Å². The van der Waals surface area contributed by atoms with Crippen LogP contribution >= 0.6 is 0 Å². The Labute approximate surface area is 111 Å². The molecule has 0 unspecified atom stereocenters. The molecular formula is C14H15N3O2. The highest BCUT2D eigenvalue weighted by Gasteiger charge is 2.20. The highest BCUT2D eigenvalue weighted by molar-refractivity contribution is 5.48. The molecule has 0 atom stereocenters. The van der Waals surface area contributed by atoms with E-state index in [4.69, 9.17) is 0 Å². The van der Waals surface area contributed by atoms with Crippen LogP contribution in [-0.4, -0.2) is 14.7 Å². The lowest BCUT2D eigenvalue weighted by atomic mass is 10.2. The molecule has 5 nitrogen and oxygen atoms in total. The molecule has 0 saturated carbocycles. The second-order valence-corrected chi connectivity index (χ2v) is 4.27. The van der Waals surface area contributed by atoms with E-state index < -0.39 is 0 Å². The molecule has 0 N–H and O–H groups in total. The van der Waals surface area contributed by atoms with Crippen LogP contribution in [0.15, 0.2) is 36.4 Å². The number of nitrogens with zero attached hydrogens (tertiary/aromatic N) is 3. The molecule has 0 aliphatic heterocycles. The summed E-state index contributed by atoms with van der Waals surface area (Å²) in [7, 11) is 0. The number of nitro groups is 1. The Kier molecular flexibility index (Phi) is 3.75. The summed E-state index contributed by atoms with van der Waals surface area (Å²) in [5, 5.41) is 15.1. The fraction of sp³-hybridized carbons (Fsp3) is 0.214. The summed E-state index contributed by atoms with van der Waals surface area (Å²) < 4.78 is 1.65. The number of hydrogen-bond acceptors (Lipinski definition) is 3. The summed E-state index contributed by atoms with van der Waals surface area (Å²) in [4.78, 5) is 10.5. The Morgan fingerprint density at radius 1 is 1.32 bits per heavy atom. The quantitative estimate of drug-likeness (QED) is 0.624. The van der Waals surface area contributed by atoms with Gasteiger partial charge < -0.3 is 0 Å². The Morgan fingerprint density at radius 3 is 2.58 bits per heavy atom. The topological polar surface area (TPSA) is 61.0 Å². The average molecular weight is 257 g/mol.